The zero-order valence-electron chi connectivity index (χ0n) is 11.1. The largest absolute Gasteiger partial charge is 0.307 e. The smallest absolute Gasteiger partial charge is 0.256 e. The number of anilines is 1. The first-order valence-corrected chi connectivity index (χ1v) is 6.19. The standard InChI is InChI=1S/C14H13N5O/c1-8-9(2)17-12-7-10(3-4-11(12)16-8)14(20)18-13-5-6-15-19-13/h3-7H,1-2H3,(H2,15,18,19,20). The van der Waals surface area contributed by atoms with Gasteiger partial charge in [0.25, 0.3) is 5.91 Å². The molecule has 0 fully saturated rings. The molecule has 1 aromatic carbocycles. The number of nitrogens with zero attached hydrogens (tertiary/aromatic N) is 3. The molecule has 3 rings (SSSR count). The molecular formula is C14H13N5O. The molecule has 20 heavy (non-hydrogen) atoms. The van der Waals surface area contributed by atoms with Crippen molar-refractivity contribution in [2.45, 2.75) is 13.8 Å². The molecule has 0 bridgehead atoms. The van der Waals surface area contributed by atoms with Crippen LogP contribution in [0, 0.1) is 13.8 Å². The van der Waals surface area contributed by atoms with E-state index in [9.17, 15) is 4.79 Å². The number of hydrogen-bond acceptors (Lipinski definition) is 4. The lowest BCUT2D eigenvalue weighted by Crippen LogP contribution is -2.12. The number of aromatic amines is 1. The molecule has 6 nitrogen and oxygen atoms in total. The van der Waals surface area contributed by atoms with Crippen molar-refractivity contribution in [1.82, 2.24) is 20.2 Å². The lowest BCUT2D eigenvalue weighted by Gasteiger charge is -2.05. The number of carbonyl (C=O) groups is 1. The highest BCUT2D eigenvalue weighted by atomic mass is 16.1. The van der Waals surface area contributed by atoms with Gasteiger partial charge in [-0.15, -0.1) is 0 Å². The average Bonchev–Trinajstić information content (AvgIpc) is 2.92. The zero-order valence-corrected chi connectivity index (χ0v) is 11.1. The van der Waals surface area contributed by atoms with Gasteiger partial charge in [-0.25, -0.2) is 9.97 Å². The molecule has 0 saturated heterocycles. The highest BCUT2D eigenvalue weighted by molar-refractivity contribution is 6.05. The molecule has 6 heteroatoms. The quantitative estimate of drug-likeness (QED) is 0.745. The molecule has 0 radical (unpaired) electrons. The Bertz CT molecular complexity index is 780. The molecule has 0 aliphatic rings. The van der Waals surface area contributed by atoms with Crippen molar-refractivity contribution in [3.8, 4) is 0 Å². The lowest BCUT2D eigenvalue weighted by molar-refractivity contribution is 0.102. The Hall–Kier alpha value is -2.76. The normalized spacial score (nSPS) is 10.7. The number of rotatable bonds is 2. The van der Waals surface area contributed by atoms with E-state index in [4.69, 9.17) is 0 Å². The Kier molecular flexibility index (Phi) is 2.90. The van der Waals surface area contributed by atoms with Gasteiger partial charge in [-0.2, -0.15) is 5.10 Å². The summed E-state index contributed by atoms with van der Waals surface area (Å²) in [6.07, 6.45) is 1.58. The van der Waals surface area contributed by atoms with E-state index in [1.807, 2.05) is 13.8 Å². The van der Waals surface area contributed by atoms with E-state index in [-0.39, 0.29) is 5.91 Å². The van der Waals surface area contributed by atoms with Gasteiger partial charge in [0.2, 0.25) is 0 Å². The molecule has 0 aliphatic carbocycles. The van der Waals surface area contributed by atoms with Crippen molar-refractivity contribution in [3.05, 3.63) is 47.4 Å². The molecule has 1 amide bonds. The fourth-order valence-corrected chi connectivity index (χ4v) is 1.89. The first kappa shape index (κ1) is 12.3. The maximum atomic E-state index is 12.1. The Morgan fingerprint density at radius 1 is 1.10 bits per heavy atom. The van der Waals surface area contributed by atoms with Gasteiger partial charge in [0, 0.05) is 11.6 Å². The van der Waals surface area contributed by atoms with Gasteiger partial charge in [-0.05, 0) is 32.0 Å². The number of nitrogens with one attached hydrogen (secondary N) is 2. The van der Waals surface area contributed by atoms with Crippen molar-refractivity contribution < 1.29 is 4.79 Å². The summed E-state index contributed by atoms with van der Waals surface area (Å²) < 4.78 is 0. The van der Waals surface area contributed by atoms with Crippen LogP contribution in [0.4, 0.5) is 5.82 Å². The van der Waals surface area contributed by atoms with E-state index in [0.29, 0.717) is 16.9 Å². The maximum absolute atomic E-state index is 12.1. The Morgan fingerprint density at radius 2 is 1.85 bits per heavy atom. The Labute approximate surface area is 115 Å². The molecule has 2 aromatic heterocycles. The van der Waals surface area contributed by atoms with Gasteiger partial charge < -0.3 is 5.32 Å². The Balaban J connectivity index is 1.96. The van der Waals surface area contributed by atoms with Crippen molar-refractivity contribution in [2.75, 3.05) is 5.32 Å². The fraction of sp³-hybridized carbons (Fsp3) is 0.143. The zero-order chi connectivity index (χ0) is 14.1. The van der Waals surface area contributed by atoms with E-state index in [0.717, 1.165) is 16.9 Å². The summed E-state index contributed by atoms with van der Waals surface area (Å²) in [5.41, 5.74) is 3.79. The summed E-state index contributed by atoms with van der Waals surface area (Å²) in [4.78, 5) is 21.0. The van der Waals surface area contributed by atoms with Crippen molar-refractivity contribution >= 4 is 22.8 Å². The van der Waals surface area contributed by atoms with Crippen LogP contribution in [-0.2, 0) is 0 Å². The molecule has 0 spiro atoms. The summed E-state index contributed by atoms with van der Waals surface area (Å²) in [5, 5.41) is 9.18. The van der Waals surface area contributed by atoms with Gasteiger partial charge in [0.05, 0.1) is 28.6 Å². The predicted molar refractivity (Wildman–Crippen MR) is 75.6 cm³/mol. The minimum atomic E-state index is -0.212. The number of aromatic nitrogens is 4. The van der Waals surface area contributed by atoms with E-state index in [1.54, 1.807) is 30.5 Å². The van der Waals surface area contributed by atoms with Crippen LogP contribution in [0.25, 0.3) is 11.0 Å². The monoisotopic (exact) mass is 267 g/mol. The molecule has 100 valence electrons. The topological polar surface area (TPSA) is 83.6 Å². The molecule has 2 N–H and O–H groups in total. The van der Waals surface area contributed by atoms with Crippen LogP contribution >= 0.6 is 0 Å². The number of aryl methyl sites for hydroxylation is 2. The Morgan fingerprint density at radius 3 is 2.55 bits per heavy atom. The highest BCUT2D eigenvalue weighted by Gasteiger charge is 2.09. The van der Waals surface area contributed by atoms with Crippen molar-refractivity contribution in [1.29, 1.82) is 0 Å². The summed E-state index contributed by atoms with van der Waals surface area (Å²) in [7, 11) is 0. The first-order chi connectivity index (χ1) is 9.63. The molecule has 2 heterocycles. The molecular weight excluding hydrogens is 254 g/mol. The molecule has 3 aromatic rings. The number of hydrogen-bond donors (Lipinski definition) is 2. The minimum absolute atomic E-state index is 0.212. The van der Waals surface area contributed by atoms with Crippen molar-refractivity contribution in [3.63, 3.8) is 0 Å². The van der Waals surface area contributed by atoms with Crippen LogP contribution in [0.2, 0.25) is 0 Å². The van der Waals surface area contributed by atoms with E-state index in [2.05, 4.69) is 25.5 Å². The number of H-pyrrole nitrogens is 1. The summed E-state index contributed by atoms with van der Waals surface area (Å²) >= 11 is 0. The van der Waals surface area contributed by atoms with Crippen LogP contribution in [0.5, 0.6) is 0 Å². The second-order valence-electron chi connectivity index (χ2n) is 4.52. The average molecular weight is 267 g/mol. The maximum Gasteiger partial charge on any atom is 0.256 e. The summed E-state index contributed by atoms with van der Waals surface area (Å²) in [6, 6.07) is 6.96. The van der Waals surface area contributed by atoms with Crippen LogP contribution in [0.15, 0.2) is 30.5 Å². The summed E-state index contributed by atoms with van der Waals surface area (Å²) in [5.74, 6) is 0.345. The molecule has 0 atom stereocenters. The van der Waals surface area contributed by atoms with E-state index in [1.165, 1.54) is 0 Å². The SMILES string of the molecule is Cc1nc2ccc(C(=O)Nc3ccn[nH]3)cc2nc1C. The van der Waals surface area contributed by atoms with Crippen LogP contribution in [-0.4, -0.2) is 26.1 Å². The number of carbonyl (C=O) groups excluding carboxylic acids is 1. The van der Waals surface area contributed by atoms with Crippen LogP contribution < -0.4 is 5.32 Å². The highest BCUT2D eigenvalue weighted by Crippen LogP contribution is 2.15. The third-order valence-corrected chi connectivity index (χ3v) is 3.09. The van der Waals surface area contributed by atoms with Gasteiger partial charge in [0.15, 0.2) is 0 Å². The second-order valence-corrected chi connectivity index (χ2v) is 4.52. The lowest BCUT2D eigenvalue weighted by atomic mass is 10.1. The third-order valence-electron chi connectivity index (χ3n) is 3.09. The number of benzene rings is 1. The van der Waals surface area contributed by atoms with Gasteiger partial charge in [-0.3, -0.25) is 9.89 Å². The molecule has 0 unspecified atom stereocenters. The second kappa shape index (κ2) is 4.73. The van der Waals surface area contributed by atoms with Gasteiger partial charge in [0.1, 0.15) is 5.82 Å². The fourth-order valence-electron chi connectivity index (χ4n) is 1.89. The predicted octanol–water partition coefficient (Wildman–Crippen LogP) is 2.22. The van der Waals surface area contributed by atoms with Gasteiger partial charge >= 0.3 is 0 Å². The van der Waals surface area contributed by atoms with E-state index < -0.39 is 0 Å². The van der Waals surface area contributed by atoms with Crippen LogP contribution in [0.1, 0.15) is 21.7 Å². The molecule has 0 aliphatic heterocycles. The first-order valence-electron chi connectivity index (χ1n) is 6.19. The summed E-state index contributed by atoms with van der Waals surface area (Å²) in [6.45, 7) is 3.82. The minimum Gasteiger partial charge on any atom is -0.307 e. The van der Waals surface area contributed by atoms with Crippen LogP contribution in [0.3, 0.4) is 0 Å². The number of fused-ring (bicyclic) bond motifs is 1. The third kappa shape index (κ3) is 2.23. The number of amides is 1. The van der Waals surface area contributed by atoms with Gasteiger partial charge in [-0.1, -0.05) is 0 Å². The van der Waals surface area contributed by atoms with Crippen molar-refractivity contribution in [2.24, 2.45) is 0 Å². The molecule has 0 saturated carbocycles. The van der Waals surface area contributed by atoms with E-state index >= 15 is 0 Å².